The van der Waals surface area contributed by atoms with Crippen molar-refractivity contribution >= 4 is 39.7 Å². The van der Waals surface area contributed by atoms with Crippen LogP contribution in [0.3, 0.4) is 0 Å². The molecule has 0 saturated carbocycles. The molecule has 122 valence electrons. The Morgan fingerprint density at radius 1 is 1.39 bits per heavy atom. The van der Waals surface area contributed by atoms with Gasteiger partial charge in [0.15, 0.2) is 5.82 Å². The number of ether oxygens (including phenoxy) is 1. The van der Waals surface area contributed by atoms with Crippen LogP contribution in [0, 0.1) is 0 Å². The number of amides is 2. The molecule has 0 aliphatic rings. The van der Waals surface area contributed by atoms with E-state index in [-0.39, 0.29) is 0 Å². The second-order valence-corrected chi connectivity index (χ2v) is 6.56. The van der Waals surface area contributed by atoms with Crippen LogP contribution in [0.4, 0.5) is 4.79 Å². The topological polar surface area (TPSA) is 112 Å². The lowest BCUT2D eigenvalue weighted by Gasteiger charge is -2.10. The lowest BCUT2D eigenvalue weighted by molar-refractivity contribution is -0.119. The highest BCUT2D eigenvalue weighted by Crippen LogP contribution is 2.29. The van der Waals surface area contributed by atoms with E-state index >= 15 is 0 Å². The molecule has 3 N–H and O–H groups in total. The van der Waals surface area contributed by atoms with Gasteiger partial charge in [-0.25, -0.2) is 9.47 Å². The molecule has 0 bridgehead atoms. The van der Waals surface area contributed by atoms with E-state index in [9.17, 15) is 9.59 Å². The number of alkyl carbamates (subject to hydrolysis) is 1. The van der Waals surface area contributed by atoms with Crippen molar-refractivity contribution in [1.29, 1.82) is 0 Å². The van der Waals surface area contributed by atoms with Gasteiger partial charge in [0.2, 0.25) is 11.1 Å². The molecule has 8 nitrogen and oxygen atoms in total. The smallest absolute Gasteiger partial charge is 0.413 e. The van der Waals surface area contributed by atoms with E-state index in [1.165, 1.54) is 11.8 Å². The minimum absolute atomic E-state index is 0.350. The van der Waals surface area contributed by atoms with Crippen LogP contribution in [0.2, 0.25) is 0 Å². The number of rotatable bonds is 4. The molecule has 0 saturated heterocycles. The normalized spacial score (nSPS) is 11.8. The summed E-state index contributed by atoms with van der Waals surface area (Å²) in [6.07, 6.45) is -0.814. The summed E-state index contributed by atoms with van der Waals surface area (Å²) in [5.74, 6) is 5.96. The molecule has 1 aromatic heterocycles. The molecule has 2 aromatic rings. The lowest BCUT2D eigenvalue weighted by Crippen LogP contribution is -2.36. The van der Waals surface area contributed by atoms with Crippen molar-refractivity contribution in [3.63, 3.8) is 0 Å². The highest BCUT2D eigenvalue weighted by molar-refractivity contribution is 9.10. The van der Waals surface area contributed by atoms with Gasteiger partial charge in [-0.15, -0.1) is 10.2 Å². The first-order valence-corrected chi connectivity index (χ1v) is 8.12. The van der Waals surface area contributed by atoms with Gasteiger partial charge in [-0.2, -0.15) is 0 Å². The standard InChI is InChI=1S/C13H14BrN5O3S/c1-7(11(20)16-13(21)22-2)23-12-18-17-10(19(12)15)8-5-3-4-6-9(8)14/h3-7H,15H2,1-2H3,(H,16,20,21)/t7-/m0/s1. The van der Waals surface area contributed by atoms with Crippen LogP contribution in [0.5, 0.6) is 0 Å². The molecule has 0 fully saturated rings. The first kappa shape index (κ1) is 17.3. The second kappa shape index (κ2) is 7.47. The van der Waals surface area contributed by atoms with E-state index in [1.54, 1.807) is 6.92 Å². The maximum Gasteiger partial charge on any atom is 0.413 e. The predicted octanol–water partition coefficient (Wildman–Crippen LogP) is 1.78. The minimum Gasteiger partial charge on any atom is -0.453 e. The van der Waals surface area contributed by atoms with E-state index in [1.807, 2.05) is 24.3 Å². The van der Waals surface area contributed by atoms with Gasteiger partial charge in [-0.3, -0.25) is 10.1 Å². The molecule has 2 rings (SSSR count). The monoisotopic (exact) mass is 399 g/mol. The summed E-state index contributed by atoms with van der Waals surface area (Å²) in [6, 6.07) is 7.44. The van der Waals surface area contributed by atoms with Gasteiger partial charge in [0.05, 0.1) is 12.4 Å². The van der Waals surface area contributed by atoms with Gasteiger partial charge in [-0.1, -0.05) is 39.8 Å². The van der Waals surface area contributed by atoms with Gasteiger partial charge in [-0.05, 0) is 19.1 Å². The van der Waals surface area contributed by atoms with Crippen LogP contribution in [-0.4, -0.2) is 39.2 Å². The van der Waals surface area contributed by atoms with Crippen molar-refractivity contribution in [1.82, 2.24) is 20.2 Å². The average Bonchev–Trinajstić information content (AvgIpc) is 2.88. The third-order valence-corrected chi connectivity index (χ3v) is 4.59. The Balaban J connectivity index is 2.15. The molecule has 0 aliphatic heterocycles. The summed E-state index contributed by atoms with van der Waals surface area (Å²) in [6.45, 7) is 1.62. The number of halogens is 1. The fraction of sp³-hybridized carbons (Fsp3) is 0.231. The average molecular weight is 400 g/mol. The number of nitrogen functional groups attached to an aromatic ring is 1. The number of hydrogen-bond donors (Lipinski definition) is 2. The third-order valence-electron chi connectivity index (χ3n) is 2.84. The Hall–Kier alpha value is -2.07. The number of carbonyl (C=O) groups excluding carboxylic acids is 2. The van der Waals surface area contributed by atoms with Gasteiger partial charge >= 0.3 is 6.09 Å². The molecule has 0 radical (unpaired) electrons. The lowest BCUT2D eigenvalue weighted by atomic mass is 10.2. The molecule has 1 atom stereocenters. The molecule has 0 unspecified atom stereocenters. The van der Waals surface area contributed by atoms with E-state index in [4.69, 9.17) is 5.84 Å². The molecule has 23 heavy (non-hydrogen) atoms. The SMILES string of the molecule is COC(=O)NC(=O)[C@H](C)Sc1nnc(-c2ccccc2Br)n1N. The Bertz CT molecular complexity index is 736. The van der Waals surface area contributed by atoms with Crippen LogP contribution in [0.1, 0.15) is 6.92 Å². The van der Waals surface area contributed by atoms with Gasteiger partial charge in [0.1, 0.15) is 0 Å². The third kappa shape index (κ3) is 4.02. The highest BCUT2D eigenvalue weighted by atomic mass is 79.9. The van der Waals surface area contributed by atoms with E-state index in [0.717, 1.165) is 21.8 Å². The van der Waals surface area contributed by atoms with Crippen LogP contribution in [-0.2, 0) is 9.53 Å². The zero-order valence-corrected chi connectivity index (χ0v) is 14.7. The summed E-state index contributed by atoms with van der Waals surface area (Å²) in [4.78, 5) is 22.9. The fourth-order valence-corrected chi connectivity index (χ4v) is 2.88. The van der Waals surface area contributed by atoms with Crippen LogP contribution >= 0.6 is 27.7 Å². The molecule has 0 aliphatic carbocycles. The van der Waals surface area contributed by atoms with Crippen molar-refractivity contribution in [2.24, 2.45) is 0 Å². The number of hydrogen-bond acceptors (Lipinski definition) is 7. The number of nitrogens with one attached hydrogen (secondary N) is 1. The minimum atomic E-state index is -0.814. The van der Waals surface area contributed by atoms with Gasteiger partial charge in [0, 0.05) is 10.0 Å². The molecular formula is C13H14BrN5O3S. The second-order valence-electron chi connectivity index (χ2n) is 4.40. The van der Waals surface area contributed by atoms with E-state index in [2.05, 4.69) is 36.2 Å². The predicted molar refractivity (Wildman–Crippen MR) is 89.2 cm³/mol. The number of carbonyl (C=O) groups is 2. The number of nitrogens with two attached hydrogens (primary N) is 1. The van der Waals surface area contributed by atoms with Crippen molar-refractivity contribution in [2.45, 2.75) is 17.3 Å². The van der Waals surface area contributed by atoms with Crippen LogP contribution in [0.25, 0.3) is 11.4 Å². The fourth-order valence-electron chi connectivity index (χ4n) is 1.65. The number of methoxy groups -OCH3 is 1. The van der Waals surface area contributed by atoms with Crippen LogP contribution < -0.4 is 11.2 Å². The maximum absolute atomic E-state index is 11.8. The Morgan fingerprint density at radius 3 is 2.74 bits per heavy atom. The molecule has 10 heteroatoms. The Labute approximate surface area is 144 Å². The summed E-state index contributed by atoms with van der Waals surface area (Å²) >= 11 is 4.51. The number of thioether (sulfide) groups is 1. The number of aromatic nitrogens is 3. The van der Waals surface area contributed by atoms with E-state index < -0.39 is 17.3 Å². The number of benzene rings is 1. The summed E-state index contributed by atoms with van der Waals surface area (Å²) in [7, 11) is 1.18. The van der Waals surface area contributed by atoms with Crippen LogP contribution in [0.15, 0.2) is 33.9 Å². The Morgan fingerprint density at radius 2 is 2.09 bits per heavy atom. The van der Waals surface area contributed by atoms with E-state index in [0.29, 0.717) is 11.0 Å². The quantitative estimate of drug-likeness (QED) is 0.594. The van der Waals surface area contributed by atoms with Crippen molar-refractivity contribution in [2.75, 3.05) is 13.0 Å². The first-order valence-electron chi connectivity index (χ1n) is 6.45. The first-order chi connectivity index (χ1) is 10.9. The summed E-state index contributed by atoms with van der Waals surface area (Å²) < 4.78 is 6.50. The molecule has 1 heterocycles. The Kier molecular flexibility index (Phi) is 5.61. The molecule has 1 aromatic carbocycles. The number of imide groups is 1. The summed E-state index contributed by atoms with van der Waals surface area (Å²) in [5.41, 5.74) is 0.779. The number of nitrogens with zero attached hydrogens (tertiary/aromatic N) is 3. The highest BCUT2D eigenvalue weighted by Gasteiger charge is 2.22. The molecular weight excluding hydrogens is 386 g/mol. The maximum atomic E-state index is 11.8. The van der Waals surface area contributed by atoms with Crippen molar-refractivity contribution in [3.05, 3.63) is 28.7 Å². The molecule has 0 spiro atoms. The van der Waals surface area contributed by atoms with Gasteiger partial charge in [0.25, 0.3) is 0 Å². The van der Waals surface area contributed by atoms with Crippen molar-refractivity contribution in [3.8, 4) is 11.4 Å². The van der Waals surface area contributed by atoms with Gasteiger partial charge < -0.3 is 10.6 Å². The zero-order chi connectivity index (χ0) is 17.0. The van der Waals surface area contributed by atoms with Crippen molar-refractivity contribution < 1.29 is 14.3 Å². The largest absolute Gasteiger partial charge is 0.453 e. The summed E-state index contributed by atoms with van der Waals surface area (Å²) in [5, 5.41) is 9.88. The molecule has 2 amide bonds. The zero-order valence-electron chi connectivity index (χ0n) is 12.3.